The molecule has 0 aliphatic carbocycles. The molecule has 2 aliphatic rings. The third-order valence-electron chi connectivity index (χ3n) is 5.12. The third-order valence-corrected chi connectivity index (χ3v) is 5.12. The molecular formula is C17H20N6O3. The average molecular weight is 356 g/mol. The van der Waals surface area contributed by atoms with E-state index in [9.17, 15) is 9.59 Å². The van der Waals surface area contributed by atoms with Gasteiger partial charge in [-0.05, 0) is 54.0 Å². The van der Waals surface area contributed by atoms with Gasteiger partial charge in [0.2, 0.25) is 5.91 Å². The van der Waals surface area contributed by atoms with Crippen LogP contribution in [0.15, 0.2) is 30.6 Å². The molecule has 2 saturated heterocycles. The van der Waals surface area contributed by atoms with Gasteiger partial charge in [0.05, 0.1) is 11.1 Å². The topological polar surface area (TPSA) is 102 Å². The number of hydrogen-bond donors (Lipinski definition) is 1. The molecule has 1 aromatic heterocycles. The van der Waals surface area contributed by atoms with E-state index in [4.69, 9.17) is 4.74 Å². The highest BCUT2D eigenvalue weighted by atomic mass is 16.5. The summed E-state index contributed by atoms with van der Waals surface area (Å²) in [5, 5.41) is 13.9. The number of hydrogen-bond acceptors (Lipinski definition) is 6. The van der Waals surface area contributed by atoms with Crippen LogP contribution in [-0.4, -0.2) is 63.2 Å². The van der Waals surface area contributed by atoms with Crippen LogP contribution in [0.3, 0.4) is 0 Å². The smallest absolute Gasteiger partial charge is 0.260 e. The second-order valence-electron chi connectivity index (χ2n) is 6.74. The van der Waals surface area contributed by atoms with Crippen LogP contribution in [0.5, 0.6) is 5.75 Å². The zero-order chi connectivity index (χ0) is 18.0. The van der Waals surface area contributed by atoms with Crippen LogP contribution < -0.4 is 10.1 Å². The van der Waals surface area contributed by atoms with E-state index in [1.165, 1.54) is 11.0 Å². The van der Waals surface area contributed by atoms with Crippen molar-refractivity contribution in [2.45, 2.75) is 19.3 Å². The Bertz CT molecular complexity index is 791. The number of likely N-dealkylation sites (tertiary alicyclic amines) is 1. The van der Waals surface area contributed by atoms with Crippen LogP contribution in [-0.2, 0) is 9.59 Å². The van der Waals surface area contributed by atoms with Gasteiger partial charge in [0.1, 0.15) is 12.1 Å². The monoisotopic (exact) mass is 356 g/mol. The minimum absolute atomic E-state index is 0.0398. The van der Waals surface area contributed by atoms with Crippen LogP contribution in [0.4, 0.5) is 0 Å². The number of tetrazole rings is 1. The number of carbonyl (C=O) groups excluding carboxylic acids is 2. The highest BCUT2D eigenvalue weighted by molar-refractivity contribution is 5.86. The maximum Gasteiger partial charge on any atom is 0.260 e. The third kappa shape index (κ3) is 3.12. The summed E-state index contributed by atoms with van der Waals surface area (Å²) >= 11 is 0. The Morgan fingerprint density at radius 2 is 2.12 bits per heavy atom. The summed E-state index contributed by atoms with van der Waals surface area (Å²) in [6.07, 6.45) is 4.05. The number of ether oxygens (including phenoxy) is 1. The molecule has 136 valence electrons. The fourth-order valence-corrected chi connectivity index (χ4v) is 3.62. The second kappa shape index (κ2) is 6.74. The van der Waals surface area contributed by atoms with Crippen molar-refractivity contribution in [3.05, 3.63) is 30.6 Å². The van der Waals surface area contributed by atoms with Gasteiger partial charge in [-0.3, -0.25) is 9.59 Å². The molecule has 0 bridgehead atoms. The molecule has 4 rings (SSSR count). The van der Waals surface area contributed by atoms with Crippen molar-refractivity contribution in [2.24, 2.45) is 5.41 Å². The number of piperidine rings is 1. The van der Waals surface area contributed by atoms with E-state index in [1.807, 2.05) is 12.1 Å². The molecule has 2 fully saturated rings. The van der Waals surface area contributed by atoms with Crippen molar-refractivity contribution in [1.29, 1.82) is 0 Å². The van der Waals surface area contributed by atoms with E-state index >= 15 is 0 Å². The van der Waals surface area contributed by atoms with Crippen LogP contribution in [0.2, 0.25) is 0 Å². The van der Waals surface area contributed by atoms with Crippen molar-refractivity contribution < 1.29 is 14.3 Å². The van der Waals surface area contributed by atoms with Gasteiger partial charge >= 0.3 is 0 Å². The van der Waals surface area contributed by atoms with E-state index in [0.717, 1.165) is 31.5 Å². The minimum Gasteiger partial charge on any atom is -0.484 e. The van der Waals surface area contributed by atoms with Crippen molar-refractivity contribution in [1.82, 2.24) is 30.4 Å². The molecule has 1 atom stereocenters. The van der Waals surface area contributed by atoms with E-state index in [1.54, 1.807) is 17.0 Å². The number of rotatable bonds is 4. The Morgan fingerprint density at radius 3 is 2.85 bits per heavy atom. The number of benzene rings is 1. The highest BCUT2D eigenvalue weighted by Crippen LogP contribution is 2.37. The number of amides is 2. The van der Waals surface area contributed by atoms with Gasteiger partial charge in [-0.2, -0.15) is 0 Å². The van der Waals surface area contributed by atoms with E-state index in [0.29, 0.717) is 18.8 Å². The first kappa shape index (κ1) is 16.5. The molecule has 2 amide bonds. The molecule has 1 unspecified atom stereocenters. The molecule has 9 nitrogen and oxygen atoms in total. The van der Waals surface area contributed by atoms with Crippen molar-refractivity contribution in [2.75, 3.05) is 26.2 Å². The fraction of sp³-hybridized carbons (Fsp3) is 0.471. The molecule has 2 aliphatic heterocycles. The lowest BCUT2D eigenvalue weighted by Crippen LogP contribution is -2.48. The van der Waals surface area contributed by atoms with Gasteiger partial charge in [-0.15, -0.1) is 5.10 Å². The number of carbonyl (C=O) groups is 2. The predicted molar refractivity (Wildman–Crippen MR) is 90.5 cm³/mol. The lowest BCUT2D eigenvalue weighted by atomic mass is 9.79. The maximum atomic E-state index is 12.4. The normalized spacial score (nSPS) is 22.5. The van der Waals surface area contributed by atoms with Crippen molar-refractivity contribution in [3.63, 3.8) is 0 Å². The molecule has 0 radical (unpaired) electrons. The SMILES string of the molecule is O=C(COc1ccc(-n2cnnn2)cc1)N1CCC2(CCCNC2=O)C1. The first-order valence-electron chi connectivity index (χ1n) is 8.69. The maximum absolute atomic E-state index is 12.4. The van der Waals surface area contributed by atoms with Gasteiger partial charge in [0, 0.05) is 19.6 Å². The van der Waals surface area contributed by atoms with Gasteiger partial charge in [-0.25, -0.2) is 4.68 Å². The van der Waals surface area contributed by atoms with Gasteiger partial charge in [-0.1, -0.05) is 0 Å². The second-order valence-corrected chi connectivity index (χ2v) is 6.74. The molecule has 9 heteroatoms. The summed E-state index contributed by atoms with van der Waals surface area (Å²) in [7, 11) is 0. The number of aromatic nitrogens is 4. The molecule has 26 heavy (non-hydrogen) atoms. The highest BCUT2D eigenvalue weighted by Gasteiger charge is 2.46. The summed E-state index contributed by atoms with van der Waals surface area (Å²) in [6, 6.07) is 7.16. The van der Waals surface area contributed by atoms with Crippen LogP contribution in [0.25, 0.3) is 5.69 Å². The summed E-state index contributed by atoms with van der Waals surface area (Å²) in [6.45, 7) is 1.79. The molecular weight excluding hydrogens is 336 g/mol. The lowest BCUT2D eigenvalue weighted by Gasteiger charge is -2.32. The summed E-state index contributed by atoms with van der Waals surface area (Å²) in [5.74, 6) is 0.586. The Hall–Kier alpha value is -2.97. The Kier molecular flexibility index (Phi) is 4.27. The first-order chi connectivity index (χ1) is 12.7. The Labute approximate surface area is 150 Å². The lowest BCUT2D eigenvalue weighted by molar-refractivity contribution is -0.135. The first-order valence-corrected chi connectivity index (χ1v) is 8.69. The predicted octanol–water partition coefficient (Wildman–Crippen LogP) is 0.170. The fourth-order valence-electron chi connectivity index (χ4n) is 3.62. The number of nitrogens with one attached hydrogen (secondary N) is 1. The largest absolute Gasteiger partial charge is 0.484 e. The summed E-state index contributed by atoms with van der Waals surface area (Å²) < 4.78 is 7.14. The standard InChI is InChI=1S/C17H20N6O3/c24-15(22-9-7-17(11-22)6-1-8-18-16(17)25)10-26-14-4-2-13(3-5-14)23-12-19-20-21-23/h2-5,12H,1,6-11H2,(H,18,25). The molecule has 1 aromatic carbocycles. The molecule has 1 spiro atoms. The van der Waals surface area contributed by atoms with Crippen molar-refractivity contribution >= 4 is 11.8 Å². The van der Waals surface area contributed by atoms with Gasteiger partial charge in [0.25, 0.3) is 5.91 Å². The quantitative estimate of drug-likeness (QED) is 0.838. The molecule has 1 N–H and O–H groups in total. The van der Waals surface area contributed by atoms with Crippen LogP contribution in [0.1, 0.15) is 19.3 Å². The van der Waals surface area contributed by atoms with Gasteiger partial charge in [0.15, 0.2) is 6.61 Å². The van der Waals surface area contributed by atoms with Crippen LogP contribution in [0, 0.1) is 5.41 Å². The molecule has 0 saturated carbocycles. The average Bonchev–Trinajstić information content (AvgIpc) is 3.34. The minimum atomic E-state index is -0.401. The van der Waals surface area contributed by atoms with E-state index in [2.05, 4.69) is 20.8 Å². The summed E-state index contributed by atoms with van der Waals surface area (Å²) in [4.78, 5) is 26.4. The molecule has 3 heterocycles. The van der Waals surface area contributed by atoms with E-state index < -0.39 is 5.41 Å². The van der Waals surface area contributed by atoms with Gasteiger partial charge < -0.3 is 15.0 Å². The Morgan fingerprint density at radius 1 is 1.27 bits per heavy atom. The zero-order valence-corrected chi connectivity index (χ0v) is 14.3. The van der Waals surface area contributed by atoms with Crippen LogP contribution >= 0.6 is 0 Å². The Balaban J connectivity index is 1.32. The van der Waals surface area contributed by atoms with E-state index in [-0.39, 0.29) is 18.4 Å². The molecule has 2 aromatic rings. The summed E-state index contributed by atoms with van der Waals surface area (Å²) in [5.41, 5.74) is 0.403. The van der Waals surface area contributed by atoms with Crippen molar-refractivity contribution in [3.8, 4) is 11.4 Å². The zero-order valence-electron chi connectivity index (χ0n) is 14.3. The number of nitrogens with zero attached hydrogens (tertiary/aromatic N) is 5.